The first-order valence-corrected chi connectivity index (χ1v) is 9.81. The minimum atomic E-state index is -0.388. The molecule has 0 aromatic heterocycles. The fourth-order valence-corrected chi connectivity index (χ4v) is 3.27. The molecule has 0 aliphatic rings. The molecule has 0 bridgehead atoms. The Labute approximate surface area is 168 Å². The van der Waals surface area contributed by atoms with E-state index in [1.807, 2.05) is 19.1 Å². The van der Waals surface area contributed by atoms with E-state index in [4.69, 9.17) is 21.1 Å². The van der Waals surface area contributed by atoms with Gasteiger partial charge < -0.3 is 14.8 Å². The molecule has 6 heteroatoms. The predicted octanol–water partition coefficient (Wildman–Crippen LogP) is 5.96. The average molecular weight is 445 g/mol. The molecule has 2 aromatic rings. The minimum Gasteiger partial charge on any atom is -0.490 e. The van der Waals surface area contributed by atoms with Gasteiger partial charge in [0.15, 0.2) is 11.5 Å². The van der Waals surface area contributed by atoms with Crippen LogP contribution in [0.5, 0.6) is 11.5 Å². The van der Waals surface area contributed by atoms with E-state index in [0.29, 0.717) is 34.6 Å². The second-order valence-electron chi connectivity index (χ2n) is 6.35. The van der Waals surface area contributed by atoms with Gasteiger partial charge in [0, 0.05) is 12.1 Å². The highest BCUT2D eigenvalue weighted by atomic mass is 79.9. The molecule has 3 nitrogen and oxygen atoms in total. The van der Waals surface area contributed by atoms with E-state index in [-0.39, 0.29) is 12.4 Å². The summed E-state index contributed by atoms with van der Waals surface area (Å²) < 4.78 is 26.3. The normalized spacial score (nSPS) is 11.0. The number of halogens is 3. The first kappa shape index (κ1) is 21.0. The summed E-state index contributed by atoms with van der Waals surface area (Å²) in [6.45, 7) is 8.44. The molecule has 0 saturated heterocycles. The Hall–Kier alpha value is -1.30. The van der Waals surface area contributed by atoms with Crippen LogP contribution >= 0.6 is 27.5 Å². The molecule has 0 aliphatic carbocycles. The van der Waals surface area contributed by atoms with Gasteiger partial charge in [0.25, 0.3) is 0 Å². The lowest BCUT2D eigenvalue weighted by Gasteiger charge is -2.17. The van der Waals surface area contributed by atoms with Crippen LogP contribution in [0.1, 0.15) is 31.9 Å². The number of ether oxygens (including phenoxy) is 2. The maximum absolute atomic E-state index is 14.0. The summed E-state index contributed by atoms with van der Waals surface area (Å²) in [6.07, 6.45) is 0. The van der Waals surface area contributed by atoms with E-state index in [1.54, 1.807) is 12.1 Å². The summed E-state index contributed by atoms with van der Waals surface area (Å²) in [6, 6.07) is 8.51. The van der Waals surface area contributed by atoms with E-state index in [1.165, 1.54) is 6.07 Å². The van der Waals surface area contributed by atoms with Gasteiger partial charge >= 0.3 is 0 Å². The van der Waals surface area contributed by atoms with Crippen molar-refractivity contribution in [2.45, 2.75) is 33.9 Å². The number of rotatable bonds is 9. The molecule has 0 heterocycles. The second-order valence-corrected chi connectivity index (χ2v) is 7.61. The van der Waals surface area contributed by atoms with Gasteiger partial charge in [-0.25, -0.2) is 4.39 Å². The SMILES string of the molecule is CCOc1cc(CNCC(C)C)cc(Br)c1OCc1c(F)cccc1Cl. The zero-order chi connectivity index (χ0) is 19.1. The molecule has 142 valence electrons. The number of hydrogen-bond donors (Lipinski definition) is 1. The van der Waals surface area contributed by atoms with Crippen LogP contribution < -0.4 is 14.8 Å². The van der Waals surface area contributed by atoms with Gasteiger partial charge in [-0.05, 0) is 65.1 Å². The Morgan fingerprint density at radius 2 is 2.00 bits per heavy atom. The van der Waals surface area contributed by atoms with Crippen molar-refractivity contribution >= 4 is 27.5 Å². The van der Waals surface area contributed by atoms with Crippen LogP contribution in [0, 0.1) is 11.7 Å². The number of nitrogens with one attached hydrogen (secondary N) is 1. The van der Waals surface area contributed by atoms with Gasteiger partial charge in [-0.1, -0.05) is 31.5 Å². The Kier molecular flexibility index (Phi) is 8.19. The summed E-state index contributed by atoms with van der Waals surface area (Å²) in [5, 5.41) is 3.75. The monoisotopic (exact) mass is 443 g/mol. The quantitative estimate of drug-likeness (QED) is 0.517. The topological polar surface area (TPSA) is 30.5 Å². The van der Waals surface area contributed by atoms with Crippen molar-refractivity contribution in [1.82, 2.24) is 5.32 Å². The molecule has 0 spiro atoms. The molecule has 2 aromatic carbocycles. The molecule has 0 radical (unpaired) electrons. The highest BCUT2D eigenvalue weighted by Gasteiger charge is 2.15. The van der Waals surface area contributed by atoms with Crippen molar-refractivity contribution in [2.75, 3.05) is 13.2 Å². The summed E-state index contributed by atoms with van der Waals surface area (Å²) in [7, 11) is 0. The molecule has 0 amide bonds. The zero-order valence-corrected chi connectivity index (χ0v) is 17.6. The summed E-state index contributed by atoms with van der Waals surface area (Å²) in [5.74, 6) is 1.36. The van der Waals surface area contributed by atoms with Gasteiger partial charge in [0.1, 0.15) is 12.4 Å². The van der Waals surface area contributed by atoms with Gasteiger partial charge in [-0.3, -0.25) is 0 Å². The lowest BCUT2D eigenvalue weighted by Crippen LogP contribution is -2.19. The van der Waals surface area contributed by atoms with Gasteiger partial charge in [-0.15, -0.1) is 0 Å². The van der Waals surface area contributed by atoms with Gasteiger partial charge in [0.2, 0.25) is 0 Å². The van der Waals surface area contributed by atoms with Gasteiger partial charge in [-0.2, -0.15) is 0 Å². The number of hydrogen-bond acceptors (Lipinski definition) is 3. The van der Waals surface area contributed by atoms with Crippen LogP contribution in [0.15, 0.2) is 34.8 Å². The largest absolute Gasteiger partial charge is 0.490 e. The lowest BCUT2D eigenvalue weighted by atomic mass is 10.1. The van der Waals surface area contributed by atoms with Crippen LogP contribution in [0.4, 0.5) is 4.39 Å². The zero-order valence-electron chi connectivity index (χ0n) is 15.2. The van der Waals surface area contributed by atoms with E-state index in [9.17, 15) is 4.39 Å². The molecule has 2 rings (SSSR count). The third-order valence-electron chi connectivity index (χ3n) is 3.67. The Morgan fingerprint density at radius 1 is 1.23 bits per heavy atom. The van der Waals surface area contributed by atoms with Crippen LogP contribution in [-0.2, 0) is 13.2 Å². The number of benzene rings is 2. The minimum absolute atomic E-state index is 0.0229. The fourth-order valence-electron chi connectivity index (χ4n) is 2.45. The fraction of sp³-hybridized carbons (Fsp3) is 0.400. The van der Waals surface area contributed by atoms with E-state index >= 15 is 0 Å². The van der Waals surface area contributed by atoms with Crippen LogP contribution in [-0.4, -0.2) is 13.2 Å². The summed E-state index contributed by atoms with van der Waals surface area (Å²) >= 11 is 9.61. The average Bonchev–Trinajstić information content (AvgIpc) is 2.56. The molecule has 0 saturated carbocycles. The van der Waals surface area contributed by atoms with E-state index in [2.05, 4.69) is 35.1 Å². The van der Waals surface area contributed by atoms with Crippen LogP contribution in [0.2, 0.25) is 5.02 Å². The standard InChI is InChI=1S/C20H24BrClFNO2/c1-4-25-19-9-14(11-24-10-13(2)3)8-16(21)20(19)26-12-15-17(22)6-5-7-18(15)23/h5-9,13,24H,4,10-12H2,1-3H3. The Bertz CT molecular complexity index is 720. The highest BCUT2D eigenvalue weighted by Crippen LogP contribution is 2.38. The Morgan fingerprint density at radius 3 is 2.65 bits per heavy atom. The van der Waals surface area contributed by atoms with Crippen molar-refractivity contribution in [3.8, 4) is 11.5 Å². The van der Waals surface area contributed by atoms with E-state index in [0.717, 1.165) is 23.1 Å². The second kappa shape index (κ2) is 10.1. The third kappa shape index (κ3) is 5.86. The Balaban J connectivity index is 2.18. The van der Waals surface area contributed by atoms with Gasteiger partial charge in [0.05, 0.1) is 16.1 Å². The molecule has 0 unspecified atom stereocenters. The van der Waals surface area contributed by atoms with Crippen molar-refractivity contribution in [3.05, 3.63) is 56.8 Å². The highest BCUT2D eigenvalue weighted by molar-refractivity contribution is 9.10. The maximum Gasteiger partial charge on any atom is 0.175 e. The van der Waals surface area contributed by atoms with Crippen LogP contribution in [0.3, 0.4) is 0 Å². The molecule has 0 aliphatic heterocycles. The van der Waals surface area contributed by atoms with Crippen molar-refractivity contribution in [1.29, 1.82) is 0 Å². The third-order valence-corrected chi connectivity index (χ3v) is 4.62. The molecule has 26 heavy (non-hydrogen) atoms. The first-order chi connectivity index (χ1) is 12.4. The smallest absolute Gasteiger partial charge is 0.175 e. The molecule has 0 atom stereocenters. The van der Waals surface area contributed by atoms with Crippen molar-refractivity contribution in [3.63, 3.8) is 0 Å². The lowest BCUT2D eigenvalue weighted by molar-refractivity contribution is 0.264. The molecular weight excluding hydrogens is 421 g/mol. The molecule has 1 N–H and O–H groups in total. The first-order valence-electron chi connectivity index (χ1n) is 8.64. The van der Waals surface area contributed by atoms with Crippen molar-refractivity contribution < 1.29 is 13.9 Å². The van der Waals surface area contributed by atoms with Crippen LogP contribution in [0.25, 0.3) is 0 Å². The van der Waals surface area contributed by atoms with E-state index < -0.39 is 0 Å². The maximum atomic E-state index is 14.0. The van der Waals surface area contributed by atoms with Crippen molar-refractivity contribution in [2.24, 2.45) is 5.92 Å². The predicted molar refractivity (Wildman–Crippen MR) is 108 cm³/mol. The molecule has 0 fully saturated rings. The summed E-state index contributed by atoms with van der Waals surface area (Å²) in [4.78, 5) is 0. The summed E-state index contributed by atoms with van der Waals surface area (Å²) in [5.41, 5.74) is 1.41. The molecular formula is C20H24BrClFNO2.